The fourth-order valence-corrected chi connectivity index (χ4v) is 1.09. The number of halogens is 1. The molecule has 0 aliphatic heterocycles. The second kappa shape index (κ2) is 5.71. The van der Waals surface area contributed by atoms with Crippen LogP contribution in [0.2, 0.25) is 0 Å². The minimum atomic E-state index is -0.317. The third kappa shape index (κ3) is 3.58. The quantitative estimate of drug-likeness (QED) is 0.750. The maximum Gasteiger partial charge on any atom is 0.240 e. The Hall–Kier alpha value is -2.09. The molecule has 1 aromatic carbocycles. The van der Waals surface area contributed by atoms with Gasteiger partial charge >= 0.3 is 0 Å². The Balaban J connectivity index is 2.46. The number of carbonyl (C=O) groups excluding carboxylic acids is 1. The normalized spacial score (nSPS) is 9.31. The second-order valence-electron chi connectivity index (χ2n) is 3.25. The predicted octanol–water partition coefficient (Wildman–Crippen LogP) is 1.19. The Morgan fingerprint density at radius 1 is 1.56 bits per heavy atom. The Labute approximate surface area is 93.1 Å². The molecule has 0 bridgehead atoms. The van der Waals surface area contributed by atoms with Crippen LogP contribution in [-0.2, 0) is 4.79 Å². The van der Waals surface area contributed by atoms with Gasteiger partial charge < -0.3 is 10.6 Å². The van der Waals surface area contributed by atoms with E-state index >= 15 is 0 Å². The molecule has 84 valence electrons. The predicted molar refractivity (Wildman–Crippen MR) is 58.2 cm³/mol. The summed E-state index contributed by atoms with van der Waals surface area (Å²) in [5, 5.41) is 13.4. The number of rotatable bonds is 4. The van der Waals surface area contributed by atoms with Crippen molar-refractivity contribution in [3.63, 3.8) is 0 Å². The highest BCUT2D eigenvalue weighted by atomic mass is 19.1. The third-order valence-electron chi connectivity index (χ3n) is 1.99. The van der Waals surface area contributed by atoms with Crippen LogP contribution in [0.4, 0.5) is 10.1 Å². The molecule has 0 spiro atoms. The fourth-order valence-electron chi connectivity index (χ4n) is 1.09. The Morgan fingerprint density at radius 3 is 2.94 bits per heavy atom. The lowest BCUT2D eigenvalue weighted by Gasteiger charge is -2.06. The molecule has 1 rings (SSSR count). The van der Waals surface area contributed by atoms with Crippen molar-refractivity contribution in [2.75, 3.05) is 18.4 Å². The van der Waals surface area contributed by atoms with E-state index in [2.05, 4.69) is 10.6 Å². The van der Waals surface area contributed by atoms with Gasteiger partial charge in [0.15, 0.2) is 0 Å². The molecule has 1 amide bonds. The van der Waals surface area contributed by atoms with Gasteiger partial charge in [0, 0.05) is 5.69 Å². The van der Waals surface area contributed by atoms with Gasteiger partial charge in [0.05, 0.1) is 12.6 Å². The van der Waals surface area contributed by atoms with Crippen molar-refractivity contribution < 1.29 is 9.18 Å². The molecule has 5 heteroatoms. The summed E-state index contributed by atoms with van der Waals surface area (Å²) in [6.45, 7) is 1.66. The molecule has 16 heavy (non-hydrogen) atoms. The summed E-state index contributed by atoms with van der Waals surface area (Å²) in [6, 6.07) is 6.44. The average Bonchev–Trinajstić information content (AvgIpc) is 2.28. The molecule has 4 nitrogen and oxygen atoms in total. The van der Waals surface area contributed by atoms with Crippen molar-refractivity contribution in [2.45, 2.75) is 6.92 Å². The van der Waals surface area contributed by atoms with Crippen LogP contribution < -0.4 is 10.6 Å². The third-order valence-corrected chi connectivity index (χ3v) is 1.99. The molecule has 0 heterocycles. The van der Waals surface area contributed by atoms with E-state index in [1.54, 1.807) is 25.1 Å². The molecule has 0 atom stereocenters. The molecule has 0 saturated carbocycles. The van der Waals surface area contributed by atoms with Crippen LogP contribution in [0.1, 0.15) is 5.56 Å². The first-order chi connectivity index (χ1) is 7.63. The van der Waals surface area contributed by atoms with E-state index < -0.39 is 0 Å². The number of nitrogens with zero attached hydrogens (tertiary/aromatic N) is 1. The maximum atomic E-state index is 13.1. The van der Waals surface area contributed by atoms with E-state index in [-0.39, 0.29) is 24.8 Å². The number of nitrogens with one attached hydrogen (secondary N) is 2. The van der Waals surface area contributed by atoms with E-state index in [1.165, 1.54) is 6.07 Å². The lowest BCUT2D eigenvalue weighted by molar-refractivity contribution is -0.119. The van der Waals surface area contributed by atoms with Gasteiger partial charge in [0.25, 0.3) is 0 Å². The van der Waals surface area contributed by atoms with Gasteiger partial charge in [0.2, 0.25) is 5.91 Å². The summed E-state index contributed by atoms with van der Waals surface area (Å²) in [7, 11) is 0. The summed E-state index contributed by atoms with van der Waals surface area (Å²) in [4.78, 5) is 11.1. The molecule has 2 N–H and O–H groups in total. The largest absolute Gasteiger partial charge is 0.376 e. The van der Waals surface area contributed by atoms with Crippen LogP contribution in [0.15, 0.2) is 18.2 Å². The lowest BCUT2D eigenvalue weighted by Crippen LogP contribution is -2.30. The molecule has 0 aliphatic rings. The summed E-state index contributed by atoms with van der Waals surface area (Å²) in [6.07, 6.45) is 0. The van der Waals surface area contributed by atoms with Gasteiger partial charge in [-0.2, -0.15) is 5.26 Å². The highest BCUT2D eigenvalue weighted by Gasteiger charge is 2.02. The van der Waals surface area contributed by atoms with Crippen LogP contribution in [0.5, 0.6) is 0 Å². The first-order valence-corrected chi connectivity index (χ1v) is 4.77. The summed E-state index contributed by atoms with van der Waals surface area (Å²) in [5.74, 6) is -0.620. The van der Waals surface area contributed by atoms with Crippen molar-refractivity contribution in [3.05, 3.63) is 29.6 Å². The topological polar surface area (TPSA) is 64.9 Å². The number of carbonyl (C=O) groups is 1. The van der Waals surface area contributed by atoms with Crippen LogP contribution >= 0.6 is 0 Å². The van der Waals surface area contributed by atoms with Crippen molar-refractivity contribution in [3.8, 4) is 6.07 Å². The minimum absolute atomic E-state index is 0.0180. The Morgan fingerprint density at radius 2 is 2.31 bits per heavy atom. The standard InChI is InChI=1S/C11H12FN3O/c1-8-2-3-9(6-10(8)12)15-7-11(16)14-5-4-13/h2-3,6,15H,5,7H2,1H3,(H,14,16). The molecule has 1 aromatic rings. The zero-order chi connectivity index (χ0) is 12.0. The van der Waals surface area contributed by atoms with Gasteiger partial charge in [-0.1, -0.05) is 6.07 Å². The van der Waals surface area contributed by atoms with E-state index in [0.717, 1.165) is 0 Å². The van der Waals surface area contributed by atoms with Gasteiger partial charge in [0.1, 0.15) is 12.4 Å². The van der Waals surface area contributed by atoms with E-state index in [1.807, 2.05) is 0 Å². The van der Waals surface area contributed by atoms with Crippen LogP contribution in [0.3, 0.4) is 0 Å². The molecule has 0 radical (unpaired) electrons. The smallest absolute Gasteiger partial charge is 0.240 e. The first kappa shape index (κ1) is 12.0. The molecule has 0 saturated heterocycles. The van der Waals surface area contributed by atoms with Gasteiger partial charge in [-0.15, -0.1) is 0 Å². The maximum absolute atomic E-state index is 13.1. The number of hydrogen-bond donors (Lipinski definition) is 2. The second-order valence-corrected chi connectivity index (χ2v) is 3.25. The van der Waals surface area contributed by atoms with Crippen molar-refractivity contribution in [1.82, 2.24) is 5.32 Å². The van der Waals surface area contributed by atoms with Crippen molar-refractivity contribution in [1.29, 1.82) is 5.26 Å². The first-order valence-electron chi connectivity index (χ1n) is 4.77. The number of amides is 1. The van der Waals surface area contributed by atoms with Crippen LogP contribution in [0, 0.1) is 24.1 Å². The Bertz CT molecular complexity index is 426. The number of hydrogen-bond acceptors (Lipinski definition) is 3. The summed E-state index contributed by atoms with van der Waals surface area (Å²) < 4.78 is 13.1. The molecule has 0 aliphatic carbocycles. The summed E-state index contributed by atoms with van der Waals surface area (Å²) in [5.41, 5.74) is 1.09. The van der Waals surface area contributed by atoms with E-state index in [0.29, 0.717) is 11.3 Å². The van der Waals surface area contributed by atoms with Crippen LogP contribution in [-0.4, -0.2) is 19.0 Å². The number of anilines is 1. The minimum Gasteiger partial charge on any atom is -0.376 e. The summed E-state index contributed by atoms with van der Waals surface area (Å²) >= 11 is 0. The molecule has 0 unspecified atom stereocenters. The highest BCUT2D eigenvalue weighted by molar-refractivity contribution is 5.80. The van der Waals surface area contributed by atoms with Crippen molar-refractivity contribution >= 4 is 11.6 Å². The van der Waals surface area contributed by atoms with Gasteiger partial charge in [-0.3, -0.25) is 4.79 Å². The van der Waals surface area contributed by atoms with E-state index in [4.69, 9.17) is 5.26 Å². The van der Waals surface area contributed by atoms with E-state index in [9.17, 15) is 9.18 Å². The Kier molecular flexibility index (Phi) is 4.28. The monoisotopic (exact) mass is 221 g/mol. The molecular formula is C11H12FN3O. The highest BCUT2D eigenvalue weighted by Crippen LogP contribution is 2.12. The van der Waals surface area contributed by atoms with Gasteiger partial charge in [-0.05, 0) is 24.6 Å². The zero-order valence-corrected chi connectivity index (χ0v) is 8.88. The SMILES string of the molecule is Cc1ccc(NCC(=O)NCC#N)cc1F. The number of nitriles is 1. The average molecular weight is 221 g/mol. The van der Waals surface area contributed by atoms with Crippen LogP contribution in [0.25, 0.3) is 0 Å². The number of benzene rings is 1. The molecular weight excluding hydrogens is 209 g/mol. The zero-order valence-electron chi connectivity index (χ0n) is 8.88. The van der Waals surface area contributed by atoms with Gasteiger partial charge in [-0.25, -0.2) is 4.39 Å². The lowest BCUT2D eigenvalue weighted by atomic mass is 10.2. The fraction of sp³-hybridized carbons (Fsp3) is 0.273. The molecule has 0 aromatic heterocycles. The van der Waals surface area contributed by atoms with Crippen molar-refractivity contribution in [2.24, 2.45) is 0 Å². The number of aryl methyl sites for hydroxylation is 1. The molecule has 0 fully saturated rings.